The maximum Gasteiger partial charge on any atom is 0.193 e. The molecule has 0 bridgehead atoms. The zero-order chi connectivity index (χ0) is 17.8. The second kappa shape index (κ2) is 7.14. The molecule has 0 spiro atoms. The summed E-state index contributed by atoms with van der Waals surface area (Å²) < 4.78 is 5.75. The highest BCUT2D eigenvalue weighted by Gasteiger charge is 2.09. The molecule has 25 heavy (non-hydrogen) atoms. The molecule has 0 saturated carbocycles. The van der Waals surface area contributed by atoms with E-state index >= 15 is 0 Å². The summed E-state index contributed by atoms with van der Waals surface area (Å²) >= 11 is 0. The maximum absolute atomic E-state index is 12.5. The van der Waals surface area contributed by atoms with Crippen molar-refractivity contribution >= 4 is 11.6 Å². The Morgan fingerprint density at radius 3 is 1.48 bits per heavy atom. The van der Waals surface area contributed by atoms with Crippen molar-refractivity contribution in [3.05, 3.63) is 95.1 Å². The monoisotopic (exact) mass is 330 g/mol. The molecule has 3 rings (SSSR count). The van der Waals surface area contributed by atoms with Gasteiger partial charge in [-0.1, -0.05) is 29.8 Å². The van der Waals surface area contributed by atoms with Crippen LogP contribution in [0.5, 0.6) is 11.5 Å². The molecule has 124 valence electrons. The molecular formula is C22H18O3. The lowest BCUT2D eigenvalue weighted by Crippen LogP contribution is -2.01. The quantitative estimate of drug-likeness (QED) is 0.602. The SMILES string of the molecule is CC(=O)c1ccc(Oc2ccc(C(=O)c3ccc(C)cc3)cc2)cc1. The van der Waals surface area contributed by atoms with Gasteiger partial charge in [0, 0.05) is 16.7 Å². The fourth-order valence-corrected chi connectivity index (χ4v) is 2.44. The van der Waals surface area contributed by atoms with Crippen LogP contribution in [0.25, 0.3) is 0 Å². The first kappa shape index (κ1) is 16.7. The minimum atomic E-state index is -0.0163. The molecule has 3 nitrogen and oxygen atoms in total. The van der Waals surface area contributed by atoms with Crippen molar-refractivity contribution in [2.24, 2.45) is 0 Å². The van der Waals surface area contributed by atoms with Gasteiger partial charge in [-0.25, -0.2) is 0 Å². The van der Waals surface area contributed by atoms with Gasteiger partial charge in [0.05, 0.1) is 0 Å². The molecule has 3 heteroatoms. The first-order chi connectivity index (χ1) is 12.0. The molecule has 3 aromatic rings. The Balaban J connectivity index is 1.72. The molecule has 0 aliphatic rings. The molecule has 0 atom stereocenters. The Morgan fingerprint density at radius 2 is 1.04 bits per heavy atom. The number of ketones is 2. The van der Waals surface area contributed by atoms with Crippen LogP contribution in [0.2, 0.25) is 0 Å². The molecule has 0 unspecified atom stereocenters. The van der Waals surface area contributed by atoms with Crippen molar-refractivity contribution < 1.29 is 14.3 Å². The van der Waals surface area contributed by atoms with E-state index in [-0.39, 0.29) is 11.6 Å². The van der Waals surface area contributed by atoms with Gasteiger partial charge in [-0.05, 0) is 62.4 Å². The van der Waals surface area contributed by atoms with Crippen LogP contribution in [0.4, 0.5) is 0 Å². The third-order valence-corrected chi connectivity index (χ3v) is 3.93. The Kier molecular flexibility index (Phi) is 4.75. The second-order valence-electron chi connectivity index (χ2n) is 5.90. The lowest BCUT2D eigenvalue weighted by atomic mass is 10.0. The van der Waals surface area contributed by atoms with Crippen LogP contribution in [-0.2, 0) is 0 Å². The summed E-state index contributed by atoms with van der Waals surface area (Å²) in [5.74, 6) is 1.28. The highest BCUT2D eigenvalue weighted by atomic mass is 16.5. The summed E-state index contributed by atoms with van der Waals surface area (Å²) in [6.45, 7) is 3.52. The molecule has 0 saturated heterocycles. The van der Waals surface area contributed by atoms with Gasteiger partial charge in [0.15, 0.2) is 11.6 Å². The summed E-state index contributed by atoms with van der Waals surface area (Å²) in [5.41, 5.74) is 3.05. The van der Waals surface area contributed by atoms with Gasteiger partial charge in [0.2, 0.25) is 0 Å². The highest BCUT2D eigenvalue weighted by Crippen LogP contribution is 2.23. The first-order valence-corrected chi connectivity index (χ1v) is 8.03. The molecule has 0 aliphatic heterocycles. The smallest absolute Gasteiger partial charge is 0.193 e. The van der Waals surface area contributed by atoms with E-state index in [1.54, 1.807) is 48.5 Å². The number of hydrogen-bond acceptors (Lipinski definition) is 3. The zero-order valence-corrected chi connectivity index (χ0v) is 14.2. The Morgan fingerprint density at radius 1 is 0.640 bits per heavy atom. The van der Waals surface area contributed by atoms with Crippen molar-refractivity contribution in [2.45, 2.75) is 13.8 Å². The van der Waals surface area contributed by atoms with E-state index in [4.69, 9.17) is 4.74 Å². The van der Waals surface area contributed by atoms with Gasteiger partial charge >= 0.3 is 0 Å². The molecule has 3 aromatic carbocycles. The molecular weight excluding hydrogens is 312 g/mol. The van der Waals surface area contributed by atoms with Crippen molar-refractivity contribution in [3.63, 3.8) is 0 Å². The topological polar surface area (TPSA) is 43.4 Å². The predicted molar refractivity (Wildman–Crippen MR) is 97.6 cm³/mol. The van der Waals surface area contributed by atoms with E-state index in [0.717, 1.165) is 5.56 Å². The molecule has 0 heterocycles. The van der Waals surface area contributed by atoms with Gasteiger partial charge < -0.3 is 4.74 Å². The van der Waals surface area contributed by atoms with Crippen LogP contribution in [0.3, 0.4) is 0 Å². The number of hydrogen-bond donors (Lipinski definition) is 0. The fourth-order valence-electron chi connectivity index (χ4n) is 2.44. The number of carbonyl (C=O) groups excluding carboxylic acids is 2. The standard InChI is InChI=1S/C22H18O3/c1-15-3-5-18(6-4-15)22(24)19-9-13-21(14-10-19)25-20-11-7-17(8-12-20)16(2)23/h3-14H,1-2H3. The second-order valence-corrected chi connectivity index (χ2v) is 5.90. The molecule has 0 aliphatic carbocycles. The molecule has 0 N–H and O–H groups in total. The van der Waals surface area contributed by atoms with E-state index < -0.39 is 0 Å². The Bertz CT molecular complexity index is 890. The van der Waals surface area contributed by atoms with E-state index in [1.807, 2.05) is 31.2 Å². The summed E-state index contributed by atoms with van der Waals surface area (Å²) in [7, 11) is 0. The van der Waals surface area contributed by atoms with E-state index in [1.165, 1.54) is 6.92 Å². The predicted octanol–water partition coefficient (Wildman–Crippen LogP) is 5.22. The molecule has 0 fully saturated rings. The van der Waals surface area contributed by atoms with Gasteiger partial charge in [-0.3, -0.25) is 9.59 Å². The van der Waals surface area contributed by atoms with Crippen LogP contribution in [-0.4, -0.2) is 11.6 Å². The number of benzene rings is 3. The number of rotatable bonds is 5. The number of Topliss-reactive ketones (excluding diaryl/α,β-unsaturated/α-hetero) is 1. The fraction of sp³-hybridized carbons (Fsp3) is 0.0909. The largest absolute Gasteiger partial charge is 0.457 e. The normalized spacial score (nSPS) is 10.3. The van der Waals surface area contributed by atoms with Gasteiger partial charge in [0.25, 0.3) is 0 Å². The van der Waals surface area contributed by atoms with Gasteiger partial charge in [0.1, 0.15) is 11.5 Å². The Hall–Kier alpha value is -3.20. The summed E-state index contributed by atoms with van der Waals surface area (Å²) in [4.78, 5) is 23.7. The van der Waals surface area contributed by atoms with E-state index in [2.05, 4.69) is 0 Å². The van der Waals surface area contributed by atoms with E-state index in [9.17, 15) is 9.59 Å². The number of ether oxygens (including phenoxy) is 1. The van der Waals surface area contributed by atoms with Crippen LogP contribution < -0.4 is 4.74 Å². The summed E-state index contributed by atoms with van der Waals surface area (Å²) in [5, 5.41) is 0. The molecule has 0 aromatic heterocycles. The summed E-state index contributed by atoms with van der Waals surface area (Å²) in [6, 6.07) is 21.5. The zero-order valence-electron chi connectivity index (χ0n) is 14.2. The minimum Gasteiger partial charge on any atom is -0.457 e. The van der Waals surface area contributed by atoms with Crippen molar-refractivity contribution in [3.8, 4) is 11.5 Å². The first-order valence-electron chi connectivity index (χ1n) is 8.03. The Labute approximate surface area is 146 Å². The average molecular weight is 330 g/mol. The number of aryl methyl sites for hydroxylation is 1. The lowest BCUT2D eigenvalue weighted by Gasteiger charge is -2.07. The average Bonchev–Trinajstić information content (AvgIpc) is 2.63. The lowest BCUT2D eigenvalue weighted by molar-refractivity contribution is 0.101. The minimum absolute atomic E-state index is 0.0163. The van der Waals surface area contributed by atoms with Gasteiger partial charge in [-0.15, -0.1) is 0 Å². The highest BCUT2D eigenvalue weighted by molar-refractivity contribution is 6.09. The number of carbonyl (C=O) groups is 2. The van der Waals surface area contributed by atoms with Crippen molar-refractivity contribution in [1.82, 2.24) is 0 Å². The van der Waals surface area contributed by atoms with Crippen molar-refractivity contribution in [2.75, 3.05) is 0 Å². The van der Waals surface area contributed by atoms with Crippen LogP contribution in [0.15, 0.2) is 72.8 Å². The van der Waals surface area contributed by atoms with E-state index in [0.29, 0.717) is 28.2 Å². The van der Waals surface area contributed by atoms with Crippen LogP contribution in [0, 0.1) is 6.92 Å². The van der Waals surface area contributed by atoms with Gasteiger partial charge in [-0.2, -0.15) is 0 Å². The van der Waals surface area contributed by atoms with Crippen LogP contribution >= 0.6 is 0 Å². The third-order valence-electron chi connectivity index (χ3n) is 3.93. The third kappa shape index (κ3) is 4.01. The van der Waals surface area contributed by atoms with Crippen molar-refractivity contribution in [1.29, 1.82) is 0 Å². The molecule has 0 radical (unpaired) electrons. The van der Waals surface area contributed by atoms with Crippen LogP contribution in [0.1, 0.15) is 38.8 Å². The molecule has 0 amide bonds. The summed E-state index contributed by atoms with van der Waals surface area (Å²) in [6.07, 6.45) is 0. The maximum atomic E-state index is 12.5.